The summed E-state index contributed by atoms with van der Waals surface area (Å²) < 4.78 is 39.0. The van der Waals surface area contributed by atoms with Crippen molar-refractivity contribution < 1.29 is 13.2 Å². The van der Waals surface area contributed by atoms with E-state index in [9.17, 15) is 13.2 Å². The van der Waals surface area contributed by atoms with Gasteiger partial charge in [0, 0.05) is 4.83 Å². The summed E-state index contributed by atoms with van der Waals surface area (Å²) in [5, 5.41) is 0. The van der Waals surface area contributed by atoms with Crippen molar-refractivity contribution in [2.45, 2.75) is 11.2 Å². The molecule has 1 atom stereocenters. The molecule has 1 unspecified atom stereocenters. The minimum Gasteiger partial charge on any atom is -0.204 e. The molecule has 0 bridgehead atoms. The molecular weight excluding hydrogens is 305 g/mol. The van der Waals surface area contributed by atoms with Gasteiger partial charge in [-0.05, 0) is 29.7 Å². The summed E-state index contributed by atoms with van der Waals surface area (Å²) in [4.78, 5) is -0.260. The van der Waals surface area contributed by atoms with Crippen molar-refractivity contribution in [3.63, 3.8) is 0 Å². The van der Waals surface area contributed by atoms with E-state index in [1.807, 2.05) is 30.3 Å². The van der Waals surface area contributed by atoms with Crippen LogP contribution >= 0.6 is 15.9 Å². The van der Waals surface area contributed by atoms with Crippen LogP contribution in [0.4, 0.5) is 13.2 Å². The van der Waals surface area contributed by atoms with Crippen LogP contribution in [-0.4, -0.2) is 0 Å². The Hall–Kier alpha value is -1.29. The first-order chi connectivity index (χ1) is 8.58. The van der Waals surface area contributed by atoms with Gasteiger partial charge >= 0.3 is 0 Å². The maximum atomic E-state index is 13.1. The molecule has 4 heteroatoms. The van der Waals surface area contributed by atoms with Gasteiger partial charge in [0.05, 0.1) is 0 Å². The Morgan fingerprint density at radius 3 is 2.06 bits per heavy atom. The van der Waals surface area contributed by atoms with Crippen molar-refractivity contribution in [2.75, 3.05) is 0 Å². The van der Waals surface area contributed by atoms with Crippen LogP contribution in [0.3, 0.4) is 0 Å². The zero-order valence-corrected chi connectivity index (χ0v) is 10.9. The fourth-order valence-electron chi connectivity index (χ4n) is 1.69. The average molecular weight is 315 g/mol. The summed E-state index contributed by atoms with van der Waals surface area (Å²) in [6.07, 6.45) is 0.575. The molecule has 94 valence electrons. The molecule has 2 aromatic carbocycles. The lowest BCUT2D eigenvalue weighted by molar-refractivity contribution is 0.445. The maximum absolute atomic E-state index is 13.1. The van der Waals surface area contributed by atoms with Crippen LogP contribution in [0.1, 0.15) is 16.0 Å². The highest BCUT2D eigenvalue weighted by Crippen LogP contribution is 2.29. The minimum absolute atomic E-state index is 0.260. The van der Waals surface area contributed by atoms with Crippen LogP contribution in [-0.2, 0) is 6.42 Å². The van der Waals surface area contributed by atoms with Crippen molar-refractivity contribution in [2.24, 2.45) is 0 Å². The van der Waals surface area contributed by atoms with E-state index < -0.39 is 17.5 Å². The van der Waals surface area contributed by atoms with Gasteiger partial charge in [-0.2, -0.15) is 0 Å². The molecule has 2 rings (SSSR count). The SMILES string of the molecule is Fc1cc(C(Br)Cc2ccccc2)cc(F)c1F. The number of halogens is 4. The molecule has 0 fully saturated rings. The Bertz CT molecular complexity index is 517. The van der Waals surface area contributed by atoms with E-state index in [4.69, 9.17) is 0 Å². The third kappa shape index (κ3) is 2.93. The number of rotatable bonds is 3. The molecule has 0 aliphatic heterocycles. The molecule has 2 aromatic rings. The van der Waals surface area contributed by atoms with E-state index in [0.717, 1.165) is 17.7 Å². The second-order valence-corrected chi connectivity index (χ2v) is 5.06. The van der Waals surface area contributed by atoms with Gasteiger partial charge in [-0.1, -0.05) is 46.3 Å². The number of alkyl halides is 1. The van der Waals surface area contributed by atoms with E-state index >= 15 is 0 Å². The Kier molecular flexibility index (Phi) is 4.07. The van der Waals surface area contributed by atoms with Crippen LogP contribution < -0.4 is 0 Å². The lowest BCUT2D eigenvalue weighted by atomic mass is 10.0. The first-order valence-electron chi connectivity index (χ1n) is 5.40. The van der Waals surface area contributed by atoms with Gasteiger partial charge in [0.25, 0.3) is 0 Å². The normalized spacial score (nSPS) is 12.4. The highest BCUT2D eigenvalue weighted by Gasteiger charge is 2.15. The molecule has 0 aromatic heterocycles. The first-order valence-corrected chi connectivity index (χ1v) is 6.32. The first kappa shape index (κ1) is 13.1. The maximum Gasteiger partial charge on any atom is 0.194 e. The van der Waals surface area contributed by atoms with Crippen molar-refractivity contribution in [3.05, 3.63) is 71.0 Å². The molecule has 0 N–H and O–H groups in total. The molecule has 0 heterocycles. The molecule has 0 aliphatic carbocycles. The second kappa shape index (κ2) is 5.57. The van der Waals surface area contributed by atoms with Crippen LogP contribution in [0.2, 0.25) is 0 Å². The van der Waals surface area contributed by atoms with Crippen LogP contribution in [0, 0.1) is 17.5 Å². The van der Waals surface area contributed by atoms with Gasteiger partial charge in [0.1, 0.15) is 0 Å². The number of benzene rings is 2. The molecule has 0 radical (unpaired) electrons. The number of hydrogen-bond acceptors (Lipinski definition) is 0. The predicted octanol–water partition coefficient (Wildman–Crippen LogP) is 4.78. The summed E-state index contributed by atoms with van der Waals surface area (Å²) in [7, 11) is 0. The molecule has 0 saturated carbocycles. The molecule has 0 spiro atoms. The standard InChI is InChI=1S/C14H10BrF3/c15-11(6-9-4-2-1-3-5-9)10-7-12(16)14(18)13(17)8-10/h1-5,7-8,11H,6H2. The van der Waals surface area contributed by atoms with E-state index in [-0.39, 0.29) is 4.83 Å². The van der Waals surface area contributed by atoms with Gasteiger partial charge in [-0.15, -0.1) is 0 Å². The van der Waals surface area contributed by atoms with Gasteiger partial charge in [0.15, 0.2) is 17.5 Å². The predicted molar refractivity (Wildman–Crippen MR) is 68.1 cm³/mol. The van der Waals surface area contributed by atoms with Gasteiger partial charge in [0.2, 0.25) is 0 Å². The smallest absolute Gasteiger partial charge is 0.194 e. The fourth-order valence-corrected chi connectivity index (χ4v) is 2.33. The highest BCUT2D eigenvalue weighted by molar-refractivity contribution is 9.09. The summed E-state index contributed by atoms with van der Waals surface area (Å²) in [6.45, 7) is 0. The second-order valence-electron chi connectivity index (χ2n) is 3.96. The van der Waals surface area contributed by atoms with Crippen molar-refractivity contribution in [1.29, 1.82) is 0 Å². The van der Waals surface area contributed by atoms with Gasteiger partial charge in [-0.25, -0.2) is 13.2 Å². The quantitative estimate of drug-likeness (QED) is 0.565. The molecule has 0 nitrogen and oxygen atoms in total. The van der Waals surface area contributed by atoms with Crippen LogP contribution in [0.25, 0.3) is 0 Å². The highest BCUT2D eigenvalue weighted by atomic mass is 79.9. The summed E-state index contributed by atoms with van der Waals surface area (Å²) in [5.74, 6) is -3.76. The molecule has 0 aliphatic rings. The van der Waals surface area contributed by atoms with Crippen molar-refractivity contribution in [3.8, 4) is 0 Å². The lowest BCUT2D eigenvalue weighted by Gasteiger charge is -2.11. The zero-order valence-electron chi connectivity index (χ0n) is 9.34. The average Bonchev–Trinajstić information content (AvgIpc) is 2.36. The Morgan fingerprint density at radius 2 is 1.50 bits per heavy atom. The summed E-state index contributed by atoms with van der Waals surface area (Å²) in [5.41, 5.74) is 1.42. The van der Waals surface area contributed by atoms with E-state index in [0.29, 0.717) is 12.0 Å². The summed E-state index contributed by atoms with van der Waals surface area (Å²) in [6, 6.07) is 11.5. The molecule has 0 amide bonds. The van der Waals surface area contributed by atoms with Crippen LogP contribution in [0.15, 0.2) is 42.5 Å². The fraction of sp³-hybridized carbons (Fsp3) is 0.143. The Balaban J connectivity index is 2.22. The lowest BCUT2D eigenvalue weighted by Crippen LogP contribution is -1.99. The van der Waals surface area contributed by atoms with Crippen molar-refractivity contribution in [1.82, 2.24) is 0 Å². The van der Waals surface area contributed by atoms with Crippen molar-refractivity contribution >= 4 is 15.9 Å². The third-order valence-corrected chi connectivity index (χ3v) is 3.48. The minimum atomic E-state index is -1.43. The molecule has 0 saturated heterocycles. The van der Waals surface area contributed by atoms with E-state index in [1.54, 1.807) is 0 Å². The summed E-state index contributed by atoms with van der Waals surface area (Å²) >= 11 is 3.36. The largest absolute Gasteiger partial charge is 0.204 e. The zero-order chi connectivity index (χ0) is 13.1. The molecular formula is C14H10BrF3. The monoisotopic (exact) mass is 314 g/mol. The van der Waals surface area contributed by atoms with Crippen LogP contribution in [0.5, 0.6) is 0 Å². The van der Waals surface area contributed by atoms with E-state index in [2.05, 4.69) is 15.9 Å². The molecule has 18 heavy (non-hydrogen) atoms. The van der Waals surface area contributed by atoms with Gasteiger partial charge < -0.3 is 0 Å². The topological polar surface area (TPSA) is 0 Å². The Labute approximate surface area is 112 Å². The number of hydrogen-bond donors (Lipinski definition) is 0. The third-order valence-electron chi connectivity index (χ3n) is 2.63. The van der Waals surface area contributed by atoms with Gasteiger partial charge in [-0.3, -0.25) is 0 Å². The Morgan fingerprint density at radius 1 is 0.944 bits per heavy atom. The van der Waals surface area contributed by atoms with E-state index in [1.165, 1.54) is 0 Å².